The van der Waals surface area contributed by atoms with Crippen molar-refractivity contribution in [2.24, 2.45) is 11.7 Å². The number of hydrogen-bond acceptors (Lipinski definition) is 2. The number of benzene rings is 1. The molecule has 0 spiro atoms. The Morgan fingerprint density at radius 2 is 1.96 bits per heavy atom. The molecule has 0 unspecified atom stereocenters. The fraction of sp³-hybridized carbons (Fsp3) is 0.476. The van der Waals surface area contributed by atoms with Crippen molar-refractivity contribution in [3.63, 3.8) is 0 Å². The standard InChI is InChI=1S/C21H27F3N2O2/c1-5-7-17-19(15-8-6-9-16(12-15)28-21(22,23)24)18(20(25)27)14(4)26(17)11-10-13(2)3/h6,8-9,12-13H,5,7,10-11H2,1-4H3,(H2,25,27). The van der Waals surface area contributed by atoms with E-state index in [1.165, 1.54) is 18.2 Å². The number of nitrogens with zero attached hydrogens (tertiary/aromatic N) is 1. The van der Waals surface area contributed by atoms with Gasteiger partial charge in [-0.15, -0.1) is 13.2 Å². The number of rotatable bonds is 8. The molecule has 0 atom stereocenters. The summed E-state index contributed by atoms with van der Waals surface area (Å²) < 4.78 is 44.0. The Labute approximate surface area is 163 Å². The molecule has 0 aliphatic carbocycles. The van der Waals surface area contributed by atoms with E-state index < -0.39 is 12.3 Å². The van der Waals surface area contributed by atoms with Gasteiger partial charge in [-0.3, -0.25) is 4.79 Å². The van der Waals surface area contributed by atoms with Crippen LogP contribution >= 0.6 is 0 Å². The van der Waals surface area contributed by atoms with E-state index in [1.54, 1.807) is 6.07 Å². The van der Waals surface area contributed by atoms with Crippen molar-refractivity contribution in [2.75, 3.05) is 0 Å². The quantitative estimate of drug-likeness (QED) is 0.644. The topological polar surface area (TPSA) is 57.2 Å². The van der Waals surface area contributed by atoms with Gasteiger partial charge < -0.3 is 15.0 Å². The molecule has 0 fully saturated rings. The molecule has 0 saturated carbocycles. The molecule has 2 N–H and O–H groups in total. The summed E-state index contributed by atoms with van der Waals surface area (Å²) in [6, 6.07) is 5.71. The van der Waals surface area contributed by atoms with Crippen LogP contribution in [0.3, 0.4) is 0 Å². The summed E-state index contributed by atoms with van der Waals surface area (Å²) in [6.45, 7) is 8.81. The zero-order valence-corrected chi connectivity index (χ0v) is 16.7. The summed E-state index contributed by atoms with van der Waals surface area (Å²) in [7, 11) is 0. The predicted octanol–water partition coefficient (Wildman–Crippen LogP) is 5.46. The minimum Gasteiger partial charge on any atom is -0.406 e. The van der Waals surface area contributed by atoms with Crippen molar-refractivity contribution in [2.45, 2.75) is 59.9 Å². The first-order chi connectivity index (χ1) is 13.0. The number of ether oxygens (including phenoxy) is 1. The molecule has 0 bridgehead atoms. The number of alkyl halides is 3. The van der Waals surface area contributed by atoms with E-state index in [0.717, 1.165) is 30.8 Å². The SMILES string of the molecule is CCCc1c(-c2cccc(OC(F)(F)F)c2)c(C(N)=O)c(C)n1CCC(C)C. The van der Waals surface area contributed by atoms with E-state index in [0.29, 0.717) is 29.0 Å². The maximum atomic E-state index is 12.6. The van der Waals surface area contributed by atoms with Crippen LogP contribution in [-0.4, -0.2) is 16.8 Å². The zero-order valence-electron chi connectivity index (χ0n) is 16.7. The highest BCUT2D eigenvalue weighted by Gasteiger charge is 2.31. The van der Waals surface area contributed by atoms with E-state index in [-0.39, 0.29) is 5.75 Å². The molecule has 0 aliphatic heterocycles. The predicted molar refractivity (Wildman–Crippen MR) is 103 cm³/mol. The first-order valence-electron chi connectivity index (χ1n) is 9.43. The maximum Gasteiger partial charge on any atom is 0.573 e. The molecule has 0 saturated heterocycles. The number of nitrogens with two attached hydrogens (primary N) is 1. The van der Waals surface area contributed by atoms with Gasteiger partial charge in [0.15, 0.2) is 0 Å². The summed E-state index contributed by atoms with van der Waals surface area (Å²) in [5, 5.41) is 0. The summed E-state index contributed by atoms with van der Waals surface area (Å²) >= 11 is 0. The van der Waals surface area contributed by atoms with Crippen LogP contribution in [0.15, 0.2) is 24.3 Å². The molecule has 2 rings (SSSR count). The molecule has 0 aliphatic rings. The van der Waals surface area contributed by atoms with E-state index in [2.05, 4.69) is 23.2 Å². The molecule has 2 aromatic rings. The number of primary amides is 1. The van der Waals surface area contributed by atoms with Gasteiger partial charge in [0.1, 0.15) is 5.75 Å². The van der Waals surface area contributed by atoms with Gasteiger partial charge in [0.05, 0.1) is 5.56 Å². The minimum atomic E-state index is -4.78. The highest BCUT2D eigenvalue weighted by molar-refractivity contribution is 6.02. The van der Waals surface area contributed by atoms with Crippen LogP contribution in [0.25, 0.3) is 11.1 Å². The third-order valence-electron chi connectivity index (χ3n) is 4.65. The third kappa shape index (κ3) is 5.09. The highest BCUT2D eigenvalue weighted by atomic mass is 19.4. The van der Waals surface area contributed by atoms with Crippen LogP contribution in [-0.2, 0) is 13.0 Å². The molecule has 28 heavy (non-hydrogen) atoms. The second kappa shape index (κ2) is 8.71. The highest BCUT2D eigenvalue weighted by Crippen LogP contribution is 2.36. The van der Waals surface area contributed by atoms with Gasteiger partial charge in [-0.05, 0) is 43.4 Å². The Morgan fingerprint density at radius 1 is 1.29 bits per heavy atom. The Hall–Kier alpha value is -2.44. The molecular formula is C21H27F3N2O2. The third-order valence-corrected chi connectivity index (χ3v) is 4.65. The van der Waals surface area contributed by atoms with Gasteiger partial charge in [0, 0.05) is 23.5 Å². The van der Waals surface area contributed by atoms with Crippen molar-refractivity contribution in [3.8, 4) is 16.9 Å². The van der Waals surface area contributed by atoms with Gasteiger partial charge in [-0.2, -0.15) is 0 Å². The summed E-state index contributed by atoms with van der Waals surface area (Å²) in [5.41, 5.74) is 8.77. The first kappa shape index (κ1) is 21.9. The number of aromatic nitrogens is 1. The van der Waals surface area contributed by atoms with Gasteiger partial charge >= 0.3 is 6.36 Å². The van der Waals surface area contributed by atoms with Crippen LogP contribution in [0.4, 0.5) is 13.2 Å². The van der Waals surface area contributed by atoms with Crippen LogP contribution in [0, 0.1) is 12.8 Å². The Kier molecular flexibility index (Phi) is 6.80. The fourth-order valence-electron chi connectivity index (χ4n) is 3.45. The second-order valence-electron chi connectivity index (χ2n) is 7.31. The summed E-state index contributed by atoms with van der Waals surface area (Å²) in [6.07, 6.45) is -2.35. The number of carbonyl (C=O) groups is 1. The van der Waals surface area contributed by atoms with Crippen LogP contribution in [0.5, 0.6) is 5.75 Å². The van der Waals surface area contributed by atoms with Crippen molar-refractivity contribution >= 4 is 5.91 Å². The van der Waals surface area contributed by atoms with Crippen LogP contribution < -0.4 is 10.5 Å². The average Bonchev–Trinajstić information content (AvgIpc) is 2.84. The van der Waals surface area contributed by atoms with Crippen molar-refractivity contribution < 1.29 is 22.7 Å². The molecule has 7 heteroatoms. The van der Waals surface area contributed by atoms with Crippen molar-refractivity contribution in [1.29, 1.82) is 0 Å². The molecule has 1 amide bonds. The van der Waals surface area contributed by atoms with Gasteiger partial charge in [0.25, 0.3) is 5.91 Å². The Balaban J connectivity index is 2.66. The molecule has 0 radical (unpaired) electrons. The maximum absolute atomic E-state index is 12.6. The van der Waals surface area contributed by atoms with Crippen molar-refractivity contribution in [1.82, 2.24) is 4.57 Å². The number of hydrogen-bond donors (Lipinski definition) is 1. The lowest BCUT2D eigenvalue weighted by molar-refractivity contribution is -0.274. The molecule has 4 nitrogen and oxygen atoms in total. The smallest absolute Gasteiger partial charge is 0.406 e. The normalized spacial score (nSPS) is 11.9. The molecular weight excluding hydrogens is 369 g/mol. The van der Waals surface area contributed by atoms with Gasteiger partial charge in [-0.1, -0.05) is 39.3 Å². The Morgan fingerprint density at radius 3 is 2.50 bits per heavy atom. The fourth-order valence-corrected chi connectivity index (χ4v) is 3.45. The van der Waals surface area contributed by atoms with E-state index in [9.17, 15) is 18.0 Å². The summed E-state index contributed by atoms with van der Waals surface area (Å²) in [4.78, 5) is 12.2. The van der Waals surface area contributed by atoms with Crippen LogP contribution in [0.2, 0.25) is 0 Å². The molecule has 1 heterocycles. The number of carbonyl (C=O) groups excluding carboxylic acids is 1. The first-order valence-corrected chi connectivity index (χ1v) is 9.43. The minimum absolute atomic E-state index is 0.324. The Bertz CT molecular complexity index is 839. The monoisotopic (exact) mass is 396 g/mol. The van der Waals surface area contributed by atoms with E-state index in [4.69, 9.17) is 5.73 Å². The van der Waals surface area contributed by atoms with E-state index >= 15 is 0 Å². The molecule has 154 valence electrons. The van der Waals surface area contributed by atoms with Gasteiger partial charge in [-0.25, -0.2) is 0 Å². The summed E-state index contributed by atoms with van der Waals surface area (Å²) in [5.74, 6) is -0.439. The lowest BCUT2D eigenvalue weighted by Gasteiger charge is -2.14. The van der Waals surface area contributed by atoms with E-state index in [1.807, 2.05) is 13.8 Å². The lowest BCUT2D eigenvalue weighted by Crippen LogP contribution is -2.17. The average molecular weight is 396 g/mol. The van der Waals surface area contributed by atoms with Gasteiger partial charge in [0.2, 0.25) is 0 Å². The number of halogens is 3. The van der Waals surface area contributed by atoms with Crippen molar-refractivity contribution in [3.05, 3.63) is 41.2 Å². The largest absolute Gasteiger partial charge is 0.573 e. The lowest BCUT2D eigenvalue weighted by atomic mass is 9.98. The van der Waals surface area contributed by atoms with Crippen LogP contribution in [0.1, 0.15) is 55.4 Å². The second-order valence-corrected chi connectivity index (χ2v) is 7.31. The molecule has 1 aromatic heterocycles. The zero-order chi connectivity index (χ0) is 21.1. The molecule has 1 aromatic carbocycles. The number of amides is 1.